The van der Waals surface area contributed by atoms with E-state index in [4.69, 9.17) is 11.6 Å². The number of nitrogens with zero attached hydrogens (tertiary/aromatic N) is 3. The summed E-state index contributed by atoms with van der Waals surface area (Å²) in [7, 11) is 0. The molecule has 3 aromatic rings. The highest BCUT2D eigenvalue weighted by Gasteiger charge is 2.32. The molecule has 10 heteroatoms. The number of aryl methyl sites for hydroxylation is 1. The summed E-state index contributed by atoms with van der Waals surface area (Å²) in [4.78, 5) is 16.4. The summed E-state index contributed by atoms with van der Waals surface area (Å²) in [6.45, 7) is 1.46. The van der Waals surface area contributed by atoms with E-state index in [9.17, 15) is 18.0 Å². The number of benzene rings is 2. The minimum Gasteiger partial charge on any atom is -0.405 e. The number of ether oxygens (including phenoxy) is 1. The van der Waals surface area contributed by atoms with Gasteiger partial charge in [0, 0.05) is 12.1 Å². The molecule has 0 spiro atoms. The molecular formula is C18H14ClF3N4O2. The van der Waals surface area contributed by atoms with Crippen LogP contribution in [-0.4, -0.2) is 27.0 Å². The van der Waals surface area contributed by atoms with Crippen molar-refractivity contribution in [1.82, 2.24) is 20.1 Å². The number of amides is 1. The van der Waals surface area contributed by atoms with Gasteiger partial charge in [-0.2, -0.15) is 0 Å². The van der Waals surface area contributed by atoms with Crippen molar-refractivity contribution < 1.29 is 22.7 Å². The van der Waals surface area contributed by atoms with Crippen molar-refractivity contribution in [1.29, 1.82) is 0 Å². The van der Waals surface area contributed by atoms with Crippen molar-refractivity contribution in [2.45, 2.75) is 19.8 Å². The summed E-state index contributed by atoms with van der Waals surface area (Å²) in [5.41, 5.74) is 0.715. The average Bonchev–Trinajstić information content (AvgIpc) is 3.01. The summed E-state index contributed by atoms with van der Waals surface area (Å²) >= 11 is 6.14. The van der Waals surface area contributed by atoms with Gasteiger partial charge in [-0.1, -0.05) is 41.9 Å². The van der Waals surface area contributed by atoms with E-state index >= 15 is 0 Å². The van der Waals surface area contributed by atoms with E-state index in [1.165, 1.54) is 22.9 Å². The van der Waals surface area contributed by atoms with Crippen molar-refractivity contribution >= 4 is 17.5 Å². The first-order valence-electron chi connectivity index (χ1n) is 8.05. The summed E-state index contributed by atoms with van der Waals surface area (Å²) in [6, 6.07) is 12.4. The zero-order valence-electron chi connectivity index (χ0n) is 14.5. The molecule has 0 saturated carbocycles. The number of rotatable bonds is 5. The molecule has 1 amide bonds. The molecule has 1 aromatic heterocycles. The Kier molecular flexibility index (Phi) is 5.55. The second kappa shape index (κ2) is 7.89. The second-order valence-corrected chi connectivity index (χ2v) is 6.09. The number of alkyl halides is 3. The monoisotopic (exact) mass is 410 g/mol. The topological polar surface area (TPSA) is 69.0 Å². The van der Waals surface area contributed by atoms with Crippen LogP contribution in [0.25, 0.3) is 5.69 Å². The Bertz CT molecular complexity index is 1000. The van der Waals surface area contributed by atoms with E-state index in [1.54, 1.807) is 37.3 Å². The molecule has 0 bridgehead atoms. The molecule has 0 aliphatic carbocycles. The molecular weight excluding hydrogens is 397 g/mol. The lowest BCUT2D eigenvalue weighted by Crippen LogP contribution is -2.25. The molecule has 1 heterocycles. The van der Waals surface area contributed by atoms with E-state index in [0.717, 1.165) is 0 Å². The maximum atomic E-state index is 12.5. The van der Waals surface area contributed by atoms with Crippen LogP contribution >= 0.6 is 11.6 Å². The quantitative estimate of drug-likeness (QED) is 0.688. The summed E-state index contributed by atoms with van der Waals surface area (Å²) < 4.78 is 42.8. The first-order valence-corrected chi connectivity index (χ1v) is 8.43. The highest BCUT2D eigenvalue weighted by atomic mass is 35.5. The van der Waals surface area contributed by atoms with E-state index in [-0.39, 0.29) is 23.7 Å². The molecule has 3 rings (SSSR count). The van der Waals surface area contributed by atoms with Gasteiger partial charge in [-0.25, -0.2) is 9.67 Å². The van der Waals surface area contributed by atoms with E-state index in [2.05, 4.69) is 20.1 Å². The van der Waals surface area contributed by atoms with Gasteiger partial charge < -0.3 is 10.1 Å². The Morgan fingerprint density at radius 2 is 1.86 bits per heavy atom. The van der Waals surface area contributed by atoms with Gasteiger partial charge in [0.2, 0.25) is 5.82 Å². The van der Waals surface area contributed by atoms with Crippen molar-refractivity contribution in [2.75, 3.05) is 0 Å². The minimum atomic E-state index is -4.83. The third kappa shape index (κ3) is 4.61. The standard InChI is InChI=1S/C18H14ClF3N4O2/c1-11-24-16(25-26(11)14-8-4-3-7-13(14)19)17(27)23-10-12-6-2-5-9-15(12)28-18(20,21)22/h2-9H,10H2,1H3,(H,23,27). The Balaban J connectivity index is 1.75. The van der Waals surface area contributed by atoms with Crippen LogP contribution in [-0.2, 0) is 6.54 Å². The lowest BCUT2D eigenvalue weighted by molar-refractivity contribution is -0.274. The Hall–Kier alpha value is -3.07. The van der Waals surface area contributed by atoms with Crippen molar-refractivity contribution in [3.63, 3.8) is 0 Å². The van der Waals surface area contributed by atoms with Crippen LogP contribution in [0.2, 0.25) is 5.02 Å². The molecule has 1 N–H and O–H groups in total. The Morgan fingerprint density at radius 3 is 2.57 bits per heavy atom. The van der Waals surface area contributed by atoms with Crippen LogP contribution in [0.5, 0.6) is 5.75 Å². The molecule has 0 saturated heterocycles. The zero-order chi connectivity index (χ0) is 20.3. The van der Waals surface area contributed by atoms with Crippen LogP contribution in [0, 0.1) is 6.92 Å². The fraction of sp³-hybridized carbons (Fsp3) is 0.167. The molecule has 6 nitrogen and oxygen atoms in total. The normalized spacial score (nSPS) is 11.3. The van der Waals surface area contributed by atoms with Gasteiger partial charge in [-0.3, -0.25) is 4.79 Å². The maximum absolute atomic E-state index is 12.5. The van der Waals surface area contributed by atoms with Gasteiger partial charge in [0.25, 0.3) is 5.91 Å². The van der Waals surface area contributed by atoms with E-state index in [1.807, 2.05) is 0 Å². The number of nitrogens with one attached hydrogen (secondary N) is 1. The van der Waals surface area contributed by atoms with Gasteiger partial charge in [0.15, 0.2) is 0 Å². The third-order valence-corrected chi connectivity index (χ3v) is 4.01. The number of para-hydroxylation sites is 2. The van der Waals surface area contributed by atoms with E-state index < -0.39 is 12.3 Å². The van der Waals surface area contributed by atoms with Crippen LogP contribution in [0.1, 0.15) is 22.0 Å². The van der Waals surface area contributed by atoms with Crippen molar-refractivity contribution in [2.24, 2.45) is 0 Å². The van der Waals surface area contributed by atoms with Gasteiger partial charge >= 0.3 is 6.36 Å². The van der Waals surface area contributed by atoms with Crippen LogP contribution < -0.4 is 10.1 Å². The van der Waals surface area contributed by atoms with Crippen molar-refractivity contribution in [3.05, 3.63) is 70.8 Å². The summed E-state index contributed by atoms with van der Waals surface area (Å²) in [5.74, 6) is -0.734. The predicted molar refractivity (Wildman–Crippen MR) is 95.4 cm³/mol. The molecule has 0 unspecified atom stereocenters. The van der Waals surface area contributed by atoms with Gasteiger partial charge in [0.1, 0.15) is 11.6 Å². The van der Waals surface area contributed by atoms with E-state index in [0.29, 0.717) is 16.5 Å². The SMILES string of the molecule is Cc1nc(C(=O)NCc2ccccc2OC(F)(F)F)nn1-c1ccccc1Cl. The lowest BCUT2D eigenvalue weighted by Gasteiger charge is -2.13. The Morgan fingerprint density at radius 1 is 1.18 bits per heavy atom. The maximum Gasteiger partial charge on any atom is 0.573 e. The average molecular weight is 411 g/mol. The lowest BCUT2D eigenvalue weighted by atomic mass is 10.2. The third-order valence-electron chi connectivity index (χ3n) is 3.69. The molecule has 28 heavy (non-hydrogen) atoms. The highest BCUT2D eigenvalue weighted by Crippen LogP contribution is 2.26. The van der Waals surface area contributed by atoms with Gasteiger partial charge in [-0.05, 0) is 25.1 Å². The summed E-state index contributed by atoms with van der Waals surface area (Å²) in [6.07, 6.45) is -4.83. The second-order valence-electron chi connectivity index (χ2n) is 5.68. The molecule has 2 aromatic carbocycles. The largest absolute Gasteiger partial charge is 0.573 e. The molecule has 0 fully saturated rings. The molecule has 146 valence electrons. The Labute approximate surface area is 162 Å². The predicted octanol–water partition coefficient (Wildman–Crippen LogP) is 4.06. The first kappa shape index (κ1) is 19.7. The number of hydrogen-bond acceptors (Lipinski definition) is 4. The fourth-order valence-electron chi connectivity index (χ4n) is 2.47. The summed E-state index contributed by atoms with van der Waals surface area (Å²) in [5, 5.41) is 7.05. The molecule has 0 atom stereocenters. The zero-order valence-corrected chi connectivity index (χ0v) is 15.3. The minimum absolute atomic E-state index is 0.133. The molecule has 0 radical (unpaired) electrons. The number of halogens is 4. The first-order chi connectivity index (χ1) is 13.2. The number of hydrogen-bond donors (Lipinski definition) is 1. The van der Waals surface area contributed by atoms with Crippen LogP contribution in [0.4, 0.5) is 13.2 Å². The molecule has 0 aliphatic heterocycles. The number of carbonyl (C=O) groups excluding carboxylic acids is 1. The van der Waals surface area contributed by atoms with Gasteiger partial charge in [-0.15, -0.1) is 18.3 Å². The van der Waals surface area contributed by atoms with Crippen LogP contribution in [0.3, 0.4) is 0 Å². The van der Waals surface area contributed by atoms with Gasteiger partial charge in [0.05, 0.1) is 10.7 Å². The smallest absolute Gasteiger partial charge is 0.405 e. The number of carbonyl (C=O) groups is 1. The fourth-order valence-corrected chi connectivity index (χ4v) is 2.68. The van der Waals surface area contributed by atoms with Crippen LogP contribution in [0.15, 0.2) is 48.5 Å². The molecule has 0 aliphatic rings. The number of aromatic nitrogens is 3. The van der Waals surface area contributed by atoms with Crippen molar-refractivity contribution in [3.8, 4) is 11.4 Å². The highest BCUT2D eigenvalue weighted by molar-refractivity contribution is 6.32.